The Morgan fingerprint density at radius 1 is 1.37 bits per heavy atom. The van der Waals surface area contributed by atoms with Gasteiger partial charge in [0.15, 0.2) is 11.5 Å². The van der Waals surface area contributed by atoms with Gasteiger partial charge in [0.25, 0.3) is 0 Å². The van der Waals surface area contributed by atoms with Gasteiger partial charge in [-0.3, -0.25) is 4.79 Å². The van der Waals surface area contributed by atoms with Crippen LogP contribution in [0.15, 0.2) is 29.1 Å². The third-order valence-electron chi connectivity index (χ3n) is 3.00. The number of hydrogen-bond donors (Lipinski definition) is 2. The third-order valence-corrected chi connectivity index (χ3v) is 3.00. The second-order valence-corrected chi connectivity index (χ2v) is 4.06. The van der Waals surface area contributed by atoms with E-state index in [2.05, 4.69) is 0 Å². The fraction of sp³-hybridized carbons (Fsp3) is 0.231. The highest BCUT2D eigenvalue weighted by molar-refractivity contribution is 5.82. The van der Waals surface area contributed by atoms with Gasteiger partial charge in [0.1, 0.15) is 7.11 Å². The molecule has 2 rings (SSSR count). The summed E-state index contributed by atoms with van der Waals surface area (Å²) in [7, 11) is 1.40. The van der Waals surface area contributed by atoms with Gasteiger partial charge in [-0.15, -0.1) is 0 Å². The summed E-state index contributed by atoms with van der Waals surface area (Å²) < 4.78 is 1.33. The van der Waals surface area contributed by atoms with Gasteiger partial charge in [0, 0.05) is 5.39 Å². The van der Waals surface area contributed by atoms with Gasteiger partial charge in [-0.05, 0) is 19.1 Å². The standard InChI is InChI=1S/C13H13NO5/c1-7-10(12(16)13(17)18)11(15)8-5-3-4-6-9(8)14(7)19-2/h3-6,12,16H,1-2H3,(H,17,18). The molecule has 0 aliphatic heterocycles. The molecule has 0 aliphatic carbocycles. The molecule has 100 valence electrons. The topological polar surface area (TPSA) is 88.8 Å². The molecule has 1 atom stereocenters. The van der Waals surface area contributed by atoms with Crippen LogP contribution in [0, 0.1) is 6.92 Å². The lowest BCUT2D eigenvalue weighted by molar-refractivity contribution is -0.147. The van der Waals surface area contributed by atoms with E-state index >= 15 is 0 Å². The zero-order valence-electron chi connectivity index (χ0n) is 10.5. The van der Waals surface area contributed by atoms with Crippen LogP contribution in [0.3, 0.4) is 0 Å². The predicted molar refractivity (Wildman–Crippen MR) is 68.0 cm³/mol. The molecule has 1 heterocycles. The van der Waals surface area contributed by atoms with E-state index in [-0.39, 0.29) is 11.3 Å². The van der Waals surface area contributed by atoms with Crippen molar-refractivity contribution in [3.8, 4) is 0 Å². The molecule has 6 heteroatoms. The van der Waals surface area contributed by atoms with Gasteiger partial charge in [-0.2, -0.15) is 4.73 Å². The summed E-state index contributed by atoms with van der Waals surface area (Å²) in [5, 5.41) is 18.8. The highest BCUT2D eigenvalue weighted by Crippen LogP contribution is 2.19. The maximum Gasteiger partial charge on any atom is 0.337 e. The van der Waals surface area contributed by atoms with Gasteiger partial charge in [-0.1, -0.05) is 12.1 Å². The summed E-state index contributed by atoms with van der Waals surface area (Å²) in [5.74, 6) is -1.47. The first-order chi connectivity index (χ1) is 8.99. The van der Waals surface area contributed by atoms with E-state index < -0.39 is 17.5 Å². The largest absolute Gasteiger partial charge is 0.479 e. The van der Waals surface area contributed by atoms with Crippen LogP contribution in [-0.2, 0) is 4.79 Å². The van der Waals surface area contributed by atoms with Crippen molar-refractivity contribution in [3.05, 3.63) is 45.7 Å². The third kappa shape index (κ3) is 1.96. The van der Waals surface area contributed by atoms with Gasteiger partial charge >= 0.3 is 5.97 Å². The van der Waals surface area contributed by atoms with Crippen molar-refractivity contribution in [1.29, 1.82) is 0 Å². The molecule has 0 bridgehead atoms. The molecule has 0 spiro atoms. The second kappa shape index (κ2) is 4.74. The number of hydrogen-bond acceptors (Lipinski definition) is 4. The van der Waals surface area contributed by atoms with Gasteiger partial charge in [0.05, 0.1) is 16.8 Å². The van der Waals surface area contributed by atoms with Crippen LogP contribution in [0.25, 0.3) is 10.9 Å². The molecular formula is C13H13NO5. The van der Waals surface area contributed by atoms with Crippen molar-refractivity contribution < 1.29 is 19.8 Å². The van der Waals surface area contributed by atoms with Crippen molar-refractivity contribution in [2.75, 3.05) is 7.11 Å². The van der Waals surface area contributed by atoms with Crippen LogP contribution in [0.1, 0.15) is 17.4 Å². The number of benzene rings is 1. The lowest BCUT2D eigenvalue weighted by Crippen LogP contribution is -2.27. The number of para-hydroxylation sites is 1. The molecule has 0 saturated heterocycles. The monoisotopic (exact) mass is 263 g/mol. The lowest BCUT2D eigenvalue weighted by Gasteiger charge is -2.17. The molecule has 1 aromatic heterocycles. The number of carboxylic acids is 1. The number of aliphatic carboxylic acids is 1. The first-order valence-corrected chi connectivity index (χ1v) is 5.58. The van der Waals surface area contributed by atoms with Crippen molar-refractivity contribution in [3.63, 3.8) is 0 Å². The van der Waals surface area contributed by atoms with Crippen LogP contribution in [0.2, 0.25) is 0 Å². The number of carbonyl (C=O) groups is 1. The fourth-order valence-electron chi connectivity index (χ4n) is 2.12. The zero-order chi connectivity index (χ0) is 14.2. The summed E-state index contributed by atoms with van der Waals surface area (Å²) in [5.41, 5.74) is 0.0966. The van der Waals surface area contributed by atoms with Crippen LogP contribution >= 0.6 is 0 Å². The van der Waals surface area contributed by atoms with Crippen LogP contribution in [0.5, 0.6) is 0 Å². The molecule has 1 unspecified atom stereocenters. The van der Waals surface area contributed by atoms with E-state index in [1.165, 1.54) is 18.8 Å². The highest BCUT2D eigenvalue weighted by atomic mass is 16.6. The molecular weight excluding hydrogens is 250 g/mol. The first-order valence-electron chi connectivity index (χ1n) is 5.58. The predicted octanol–water partition coefficient (Wildman–Crippen LogP) is 0.486. The van der Waals surface area contributed by atoms with Crippen LogP contribution in [0.4, 0.5) is 0 Å². The smallest absolute Gasteiger partial charge is 0.337 e. The summed E-state index contributed by atoms with van der Waals surface area (Å²) in [6.45, 7) is 1.53. The van der Waals surface area contributed by atoms with Crippen molar-refractivity contribution in [2.24, 2.45) is 0 Å². The fourth-order valence-corrected chi connectivity index (χ4v) is 2.12. The van der Waals surface area contributed by atoms with Gasteiger partial charge < -0.3 is 15.1 Å². The van der Waals surface area contributed by atoms with E-state index in [1.54, 1.807) is 24.3 Å². The number of aromatic nitrogens is 1. The van der Waals surface area contributed by atoms with E-state index in [0.29, 0.717) is 10.9 Å². The number of carboxylic acid groups (broad SMARTS) is 1. The number of aliphatic hydroxyl groups is 1. The molecule has 0 aliphatic rings. The first kappa shape index (κ1) is 13.1. The summed E-state index contributed by atoms with van der Waals surface area (Å²) in [6.07, 6.45) is -1.88. The van der Waals surface area contributed by atoms with Gasteiger partial charge in [-0.25, -0.2) is 4.79 Å². The minimum absolute atomic E-state index is 0.187. The molecule has 2 N–H and O–H groups in total. The number of nitrogens with zero attached hydrogens (tertiary/aromatic N) is 1. The van der Waals surface area contributed by atoms with E-state index in [1.807, 2.05) is 0 Å². The Morgan fingerprint density at radius 3 is 2.58 bits per heavy atom. The van der Waals surface area contributed by atoms with Crippen molar-refractivity contribution in [1.82, 2.24) is 4.73 Å². The summed E-state index contributed by atoms with van der Waals surface area (Å²) >= 11 is 0. The maximum absolute atomic E-state index is 12.3. The molecule has 6 nitrogen and oxygen atoms in total. The Bertz CT molecular complexity index is 704. The molecule has 0 fully saturated rings. The molecule has 0 amide bonds. The molecule has 2 aromatic rings. The Labute approximate surface area is 108 Å². The minimum atomic E-state index is -1.88. The molecule has 0 radical (unpaired) electrons. The van der Waals surface area contributed by atoms with E-state index in [9.17, 15) is 14.7 Å². The summed E-state index contributed by atoms with van der Waals surface area (Å²) in [6, 6.07) is 6.65. The lowest BCUT2D eigenvalue weighted by atomic mass is 10.0. The maximum atomic E-state index is 12.3. The van der Waals surface area contributed by atoms with E-state index in [4.69, 9.17) is 9.94 Å². The van der Waals surface area contributed by atoms with Crippen LogP contribution < -0.4 is 10.3 Å². The zero-order valence-corrected chi connectivity index (χ0v) is 10.5. The van der Waals surface area contributed by atoms with Gasteiger partial charge in [0.2, 0.25) is 0 Å². The minimum Gasteiger partial charge on any atom is -0.479 e. The van der Waals surface area contributed by atoms with Crippen molar-refractivity contribution in [2.45, 2.75) is 13.0 Å². The number of aliphatic hydroxyl groups excluding tert-OH is 1. The normalized spacial score (nSPS) is 12.4. The average Bonchev–Trinajstić information content (AvgIpc) is 2.39. The Morgan fingerprint density at radius 2 is 2.00 bits per heavy atom. The average molecular weight is 263 g/mol. The van der Waals surface area contributed by atoms with Crippen molar-refractivity contribution >= 4 is 16.9 Å². The SMILES string of the molecule is COn1c(C)c(C(O)C(=O)O)c(=O)c2ccccc21. The number of rotatable bonds is 3. The Balaban J connectivity index is 2.93. The van der Waals surface area contributed by atoms with E-state index in [0.717, 1.165) is 0 Å². The molecule has 19 heavy (non-hydrogen) atoms. The molecule has 0 saturated carbocycles. The quantitative estimate of drug-likeness (QED) is 0.841. The molecule has 1 aromatic carbocycles. The van der Waals surface area contributed by atoms with Crippen LogP contribution in [-0.4, -0.2) is 28.0 Å². The highest BCUT2D eigenvalue weighted by Gasteiger charge is 2.25. The number of fused-ring (bicyclic) bond motifs is 1. The Hall–Kier alpha value is -2.34. The second-order valence-electron chi connectivity index (χ2n) is 4.06. The Kier molecular flexibility index (Phi) is 3.26. The summed E-state index contributed by atoms with van der Waals surface area (Å²) in [4.78, 5) is 28.3. The number of pyridine rings is 1.